The summed E-state index contributed by atoms with van der Waals surface area (Å²) in [5.74, 6) is -1.33. The van der Waals surface area contributed by atoms with Crippen molar-refractivity contribution in [3.8, 4) is 5.75 Å². The van der Waals surface area contributed by atoms with Crippen LogP contribution >= 0.6 is 0 Å². The van der Waals surface area contributed by atoms with E-state index in [1.165, 1.54) is 30.3 Å². The molecule has 2 unspecified atom stereocenters. The summed E-state index contributed by atoms with van der Waals surface area (Å²) < 4.78 is 57.0. The molecule has 0 radical (unpaired) electrons. The van der Waals surface area contributed by atoms with Gasteiger partial charge in [0.25, 0.3) is 0 Å². The van der Waals surface area contributed by atoms with Crippen LogP contribution in [0.25, 0.3) is 11.0 Å². The molecule has 1 aromatic heterocycles. The zero-order valence-electron chi connectivity index (χ0n) is 29.2. The Bertz CT molecular complexity index is 2080. The largest absolute Gasteiger partial charge is 0.466 e. The number of hydrogen-bond acceptors (Lipinski definition) is 12. The summed E-state index contributed by atoms with van der Waals surface area (Å²) in [6.07, 6.45) is 4.26. The maximum atomic E-state index is 13.3. The molecule has 0 aliphatic carbocycles. The lowest BCUT2D eigenvalue weighted by Gasteiger charge is -2.26. The molecule has 2 aliphatic rings. The predicted molar refractivity (Wildman–Crippen MR) is 188 cm³/mol. The van der Waals surface area contributed by atoms with Gasteiger partial charge in [-0.05, 0) is 80.0 Å². The van der Waals surface area contributed by atoms with E-state index >= 15 is 0 Å². The van der Waals surface area contributed by atoms with Crippen LogP contribution in [0.15, 0.2) is 66.6 Å². The molecule has 0 amide bonds. The molecule has 0 N–H and O–H groups in total. The molecule has 2 aliphatic heterocycles. The SMILES string of the molecule is CCOC(=O)CC(c1ccc(C)c(CN2CC=C(Oc3ccccc3[N+](=O)[O-])OS2(=O)=O)c1)c1ccc2c(nnn2CCOC2CCCCO2)c1C. The molecule has 0 bridgehead atoms. The van der Waals surface area contributed by atoms with Gasteiger partial charge in [-0.1, -0.05) is 41.6 Å². The van der Waals surface area contributed by atoms with Crippen LogP contribution in [0.4, 0.5) is 5.69 Å². The van der Waals surface area contributed by atoms with E-state index in [-0.39, 0.29) is 55.8 Å². The number of esters is 1. The minimum atomic E-state index is -4.33. The number of para-hydroxylation sites is 2. The summed E-state index contributed by atoms with van der Waals surface area (Å²) in [5, 5.41) is 20.3. The standard InChI is InChI=1S/C36H41N5O10S/c1-4-47-33(42)22-29(28-14-15-31-36(25(28)3)37-38-40(31)18-20-49-34-11-7-8-19-48-34)26-13-12-24(2)27(21-26)23-39-17-16-35(51-52(39,45)46)50-32-10-6-5-9-30(32)41(43)44/h5-6,9-10,12-16,21,29,34H,4,7-8,11,17-20,22-23H2,1-3H3. The van der Waals surface area contributed by atoms with Gasteiger partial charge in [0.1, 0.15) is 5.52 Å². The Morgan fingerprint density at radius 2 is 1.96 bits per heavy atom. The lowest BCUT2D eigenvalue weighted by atomic mass is 9.84. The van der Waals surface area contributed by atoms with Gasteiger partial charge in [-0.2, -0.15) is 12.7 Å². The van der Waals surface area contributed by atoms with E-state index in [9.17, 15) is 23.3 Å². The fourth-order valence-corrected chi connectivity index (χ4v) is 7.33. The number of nitro benzene ring substituents is 1. The monoisotopic (exact) mass is 735 g/mol. The van der Waals surface area contributed by atoms with Crippen molar-refractivity contribution in [2.24, 2.45) is 0 Å². The topological polar surface area (TPSA) is 174 Å². The summed E-state index contributed by atoms with van der Waals surface area (Å²) >= 11 is 0. The molecule has 0 saturated carbocycles. The molecule has 4 aromatic rings. The average Bonchev–Trinajstić information content (AvgIpc) is 3.54. The Morgan fingerprint density at radius 3 is 2.71 bits per heavy atom. The van der Waals surface area contributed by atoms with E-state index < -0.39 is 21.1 Å². The molecule has 6 rings (SSSR count). The van der Waals surface area contributed by atoms with Crippen LogP contribution in [0.1, 0.15) is 66.3 Å². The van der Waals surface area contributed by atoms with Crippen molar-refractivity contribution in [2.75, 3.05) is 26.4 Å². The highest BCUT2D eigenvalue weighted by Crippen LogP contribution is 2.36. The molecule has 1 saturated heterocycles. The maximum Gasteiger partial charge on any atom is 0.388 e. The lowest BCUT2D eigenvalue weighted by Crippen LogP contribution is -2.36. The van der Waals surface area contributed by atoms with E-state index in [1.54, 1.807) is 11.6 Å². The molecule has 52 heavy (non-hydrogen) atoms. The van der Waals surface area contributed by atoms with Gasteiger partial charge in [0.05, 0.1) is 36.6 Å². The lowest BCUT2D eigenvalue weighted by molar-refractivity contribution is -0.385. The van der Waals surface area contributed by atoms with Gasteiger partial charge < -0.3 is 23.1 Å². The highest BCUT2D eigenvalue weighted by atomic mass is 32.2. The Kier molecular flexibility index (Phi) is 11.5. The quantitative estimate of drug-likeness (QED) is 0.0895. The first-order valence-electron chi connectivity index (χ1n) is 17.2. The van der Waals surface area contributed by atoms with Crippen molar-refractivity contribution in [2.45, 2.75) is 71.8 Å². The summed E-state index contributed by atoms with van der Waals surface area (Å²) in [4.78, 5) is 23.7. The third-order valence-corrected chi connectivity index (χ3v) is 10.4. The van der Waals surface area contributed by atoms with Gasteiger partial charge in [0, 0.05) is 37.8 Å². The van der Waals surface area contributed by atoms with Crippen molar-refractivity contribution in [3.63, 3.8) is 0 Å². The Morgan fingerprint density at radius 1 is 1.13 bits per heavy atom. The van der Waals surface area contributed by atoms with Crippen LogP contribution in [0, 0.1) is 24.0 Å². The normalized spacial score (nSPS) is 18.0. The molecule has 16 heteroatoms. The van der Waals surface area contributed by atoms with Crippen molar-refractivity contribution in [1.29, 1.82) is 0 Å². The summed E-state index contributed by atoms with van der Waals surface area (Å²) in [7, 11) is -4.33. The van der Waals surface area contributed by atoms with E-state index in [0.29, 0.717) is 30.8 Å². The number of aryl methyl sites for hydroxylation is 2. The van der Waals surface area contributed by atoms with Crippen molar-refractivity contribution in [3.05, 3.63) is 105 Å². The molecular weight excluding hydrogens is 694 g/mol. The third kappa shape index (κ3) is 8.41. The van der Waals surface area contributed by atoms with E-state index in [2.05, 4.69) is 10.3 Å². The molecule has 0 spiro atoms. The first-order chi connectivity index (χ1) is 25.0. The second-order valence-electron chi connectivity index (χ2n) is 12.6. The molecule has 276 valence electrons. The minimum Gasteiger partial charge on any atom is -0.466 e. The van der Waals surface area contributed by atoms with Crippen molar-refractivity contribution < 1.29 is 41.3 Å². The van der Waals surface area contributed by atoms with Crippen LogP contribution in [-0.2, 0) is 46.6 Å². The van der Waals surface area contributed by atoms with E-state index in [0.717, 1.165) is 51.3 Å². The first-order valence-corrected chi connectivity index (χ1v) is 18.5. The molecule has 2 atom stereocenters. The number of rotatable bonds is 14. The third-order valence-electron chi connectivity index (χ3n) is 9.14. The van der Waals surface area contributed by atoms with Crippen LogP contribution in [0.5, 0.6) is 5.75 Å². The zero-order valence-corrected chi connectivity index (χ0v) is 30.0. The zero-order chi connectivity index (χ0) is 36.8. The number of carbonyl (C=O) groups excluding carboxylic acids is 1. The second kappa shape index (κ2) is 16.2. The van der Waals surface area contributed by atoms with E-state index in [1.807, 2.05) is 44.2 Å². The van der Waals surface area contributed by atoms with Gasteiger partial charge in [-0.3, -0.25) is 14.9 Å². The fraction of sp³-hybridized carbons (Fsp3) is 0.417. The number of ether oxygens (including phenoxy) is 4. The fourth-order valence-electron chi connectivity index (χ4n) is 6.36. The van der Waals surface area contributed by atoms with Crippen molar-refractivity contribution >= 4 is 33.0 Å². The van der Waals surface area contributed by atoms with Gasteiger partial charge in [-0.15, -0.1) is 5.10 Å². The summed E-state index contributed by atoms with van der Waals surface area (Å²) in [5.41, 5.74) is 5.25. The number of aromatic nitrogens is 3. The van der Waals surface area contributed by atoms with Crippen LogP contribution in [0.3, 0.4) is 0 Å². The average molecular weight is 736 g/mol. The van der Waals surface area contributed by atoms with Crippen LogP contribution in [-0.4, -0.2) is 71.3 Å². The van der Waals surface area contributed by atoms with Gasteiger partial charge in [0.15, 0.2) is 6.29 Å². The summed E-state index contributed by atoms with van der Waals surface area (Å²) in [6.45, 7) is 7.30. The Labute approximate surface area is 301 Å². The number of benzene rings is 3. The molecule has 3 heterocycles. The molecular formula is C36H41N5O10S. The van der Waals surface area contributed by atoms with Gasteiger partial charge in [-0.25, -0.2) is 4.68 Å². The van der Waals surface area contributed by atoms with Crippen molar-refractivity contribution in [1.82, 2.24) is 19.3 Å². The molecule has 3 aromatic carbocycles. The molecule has 1 fully saturated rings. The molecule has 15 nitrogen and oxygen atoms in total. The first kappa shape index (κ1) is 36.9. The highest BCUT2D eigenvalue weighted by molar-refractivity contribution is 7.84. The second-order valence-corrected chi connectivity index (χ2v) is 14.1. The van der Waals surface area contributed by atoms with Crippen LogP contribution < -0.4 is 4.74 Å². The predicted octanol–water partition coefficient (Wildman–Crippen LogP) is 5.58. The minimum absolute atomic E-state index is 0.0380. The smallest absolute Gasteiger partial charge is 0.388 e. The van der Waals surface area contributed by atoms with Gasteiger partial charge in [0.2, 0.25) is 5.75 Å². The van der Waals surface area contributed by atoms with Crippen LogP contribution in [0.2, 0.25) is 0 Å². The Hall–Kier alpha value is -4.90. The number of fused-ring (bicyclic) bond motifs is 1. The number of nitro groups is 1. The maximum absolute atomic E-state index is 13.3. The number of hydrogen-bond donors (Lipinski definition) is 0. The van der Waals surface area contributed by atoms with E-state index in [4.69, 9.17) is 23.1 Å². The Balaban J connectivity index is 1.23. The highest BCUT2D eigenvalue weighted by Gasteiger charge is 2.32. The van der Waals surface area contributed by atoms with Gasteiger partial charge >= 0.3 is 27.9 Å². The number of nitrogens with zero attached hydrogens (tertiary/aromatic N) is 5. The number of carbonyl (C=O) groups is 1. The summed E-state index contributed by atoms with van der Waals surface area (Å²) in [6, 6.07) is 15.2.